The molecule has 2 nitrogen and oxygen atoms in total. The van der Waals surface area contributed by atoms with Crippen LogP contribution in [-0.4, -0.2) is 30.6 Å². The fourth-order valence-electron chi connectivity index (χ4n) is 2.95. The van der Waals surface area contributed by atoms with E-state index in [1.807, 2.05) is 11.3 Å². The number of thiophene rings is 1. The van der Waals surface area contributed by atoms with Crippen molar-refractivity contribution in [1.82, 2.24) is 10.2 Å². The third-order valence-corrected chi connectivity index (χ3v) is 6.99. The van der Waals surface area contributed by atoms with E-state index in [4.69, 9.17) is 0 Å². The Balaban J connectivity index is 1.63. The number of likely N-dealkylation sites (tertiary alicyclic amines) is 1. The van der Waals surface area contributed by atoms with E-state index in [0.29, 0.717) is 0 Å². The molecule has 94 valence electrons. The van der Waals surface area contributed by atoms with Gasteiger partial charge in [0.05, 0.1) is 3.79 Å². The molecule has 0 spiro atoms. The Morgan fingerprint density at radius 2 is 2.29 bits per heavy atom. The van der Waals surface area contributed by atoms with E-state index in [2.05, 4.69) is 48.1 Å². The molecule has 3 rings (SSSR count). The molecule has 2 aliphatic rings. The van der Waals surface area contributed by atoms with Crippen LogP contribution in [0.25, 0.3) is 0 Å². The molecule has 0 saturated carbocycles. The van der Waals surface area contributed by atoms with Crippen molar-refractivity contribution in [2.24, 2.45) is 5.92 Å². The Kier molecular flexibility index (Phi) is 3.92. The van der Waals surface area contributed by atoms with Crippen LogP contribution in [0.4, 0.5) is 0 Å². The Labute approximate surface area is 123 Å². The molecule has 0 amide bonds. The number of nitrogens with one attached hydrogen (secondary N) is 1. The first-order chi connectivity index (χ1) is 8.22. The highest BCUT2D eigenvalue weighted by molar-refractivity contribution is 9.13. The van der Waals surface area contributed by atoms with Crippen LogP contribution in [0.2, 0.25) is 0 Å². The Morgan fingerprint density at radius 1 is 1.41 bits per heavy atom. The molecule has 3 heterocycles. The van der Waals surface area contributed by atoms with E-state index in [-0.39, 0.29) is 0 Å². The maximum atomic E-state index is 3.66. The van der Waals surface area contributed by atoms with Gasteiger partial charge in [-0.2, -0.15) is 0 Å². The minimum absolute atomic E-state index is 0.746. The van der Waals surface area contributed by atoms with Gasteiger partial charge in [0, 0.05) is 35.0 Å². The summed E-state index contributed by atoms with van der Waals surface area (Å²) in [5.41, 5.74) is 0. The lowest BCUT2D eigenvalue weighted by Gasteiger charge is -2.24. The van der Waals surface area contributed by atoms with Gasteiger partial charge in [-0.15, -0.1) is 11.3 Å². The minimum atomic E-state index is 0.746. The number of nitrogens with zero attached hydrogens (tertiary/aromatic N) is 1. The molecule has 5 heteroatoms. The van der Waals surface area contributed by atoms with Crippen LogP contribution in [0.15, 0.2) is 14.3 Å². The largest absolute Gasteiger partial charge is 0.312 e. The lowest BCUT2D eigenvalue weighted by Crippen LogP contribution is -2.40. The molecule has 1 N–H and O–H groups in total. The van der Waals surface area contributed by atoms with E-state index in [9.17, 15) is 0 Å². The van der Waals surface area contributed by atoms with Crippen LogP contribution in [0.1, 0.15) is 17.7 Å². The van der Waals surface area contributed by atoms with Crippen LogP contribution in [-0.2, 0) is 6.54 Å². The van der Waals surface area contributed by atoms with Crippen molar-refractivity contribution in [2.75, 3.05) is 19.6 Å². The van der Waals surface area contributed by atoms with Crippen molar-refractivity contribution in [3.05, 3.63) is 19.2 Å². The van der Waals surface area contributed by atoms with Crippen LogP contribution in [0, 0.1) is 5.92 Å². The number of fused-ring (bicyclic) bond motifs is 1. The average molecular weight is 380 g/mol. The molecule has 2 saturated heterocycles. The van der Waals surface area contributed by atoms with Gasteiger partial charge in [-0.1, -0.05) is 0 Å². The third-order valence-electron chi connectivity index (χ3n) is 3.75. The van der Waals surface area contributed by atoms with Crippen LogP contribution < -0.4 is 5.32 Å². The average Bonchev–Trinajstić information content (AvgIpc) is 2.83. The molecular weight excluding hydrogens is 364 g/mol. The van der Waals surface area contributed by atoms with Crippen LogP contribution in [0.5, 0.6) is 0 Å². The summed E-state index contributed by atoms with van der Waals surface area (Å²) in [6.45, 7) is 4.80. The molecule has 2 atom stereocenters. The highest BCUT2D eigenvalue weighted by atomic mass is 79.9. The maximum absolute atomic E-state index is 3.66. The molecule has 0 unspecified atom stereocenters. The van der Waals surface area contributed by atoms with Gasteiger partial charge in [0.15, 0.2) is 0 Å². The SMILES string of the molecule is Brc1cc(CN2C[C@@H]3CCCN[C@@H]3C2)sc1Br. The quantitative estimate of drug-likeness (QED) is 0.846. The summed E-state index contributed by atoms with van der Waals surface area (Å²) in [5.74, 6) is 0.885. The normalized spacial score (nSPS) is 29.5. The predicted molar refractivity (Wildman–Crippen MR) is 79.5 cm³/mol. The first-order valence-corrected chi connectivity index (χ1v) is 8.52. The zero-order chi connectivity index (χ0) is 11.8. The van der Waals surface area contributed by atoms with Crippen molar-refractivity contribution in [1.29, 1.82) is 0 Å². The third kappa shape index (κ3) is 2.78. The van der Waals surface area contributed by atoms with E-state index in [0.717, 1.165) is 18.5 Å². The smallest absolute Gasteiger partial charge is 0.0843 e. The van der Waals surface area contributed by atoms with Gasteiger partial charge < -0.3 is 5.32 Å². The topological polar surface area (TPSA) is 15.3 Å². The molecular formula is C12H16Br2N2S. The molecule has 2 fully saturated rings. The second-order valence-corrected chi connectivity index (χ2v) is 8.30. The standard InChI is InChI=1S/C12H16Br2N2S/c13-10-4-9(17-12(10)14)6-16-5-8-2-1-3-15-11(8)7-16/h4,8,11,15H,1-3,5-7H2/t8-,11+/m0/s1. The zero-order valence-corrected chi connectivity index (χ0v) is 13.6. The van der Waals surface area contributed by atoms with Gasteiger partial charge in [-0.3, -0.25) is 4.90 Å². The molecule has 2 aliphatic heterocycles. The lowest BCUT2D eigenvalue weighted by molar-refractivity contribution is 0.315. The van der Waals surface area contributed by atoms with Crippen LogP contribution in [0.3, 0.4) is 0 Å². The molecule has 0 bridgehead atoms. The summed E-state index contributed by atoms with van der Waals surface area (Å²) in [6, 6.07) is 2.99. The number of halogens is 2. The maximum Gasteiger partial charge on any atom is 0.0843 e. The zero-order valence-electron chi connectivity index (χ0n) is 9.59. The molecule has 0 aromatic carbocycles. The van der Waals surface area contributed by atoms with E-state index in [1.54, 1.807) is 0 Å². The van der Waals surface area contributed by atoms with Crippen molar-refractivity contribution in [3.63, 3.8) is 0 Å². The molecule has 0 radical (unpaired) electrons. The van der Waals surface area contributed by atoms with E-state index in [1.165, 1.54) is 45.6 Å². The highest BCUT2D eigenvalue weighted by Gasteiger charge is 2.34. The van der Waals surface area contributed by atoms with Crippen LogP contribution >= 0.6 is 43.2 Å². The second kappa shape index (κ2) is 5.29. The van der Waals surface area contributed by atoms with Crippen molar-refractivity contribution < 1.29 is 0 Å². The summed E-state index contributed by atoms with van der Waals surface area (Å²) in [6.07, 6.45) is 2.76. The molecule has 17 heavy (non-hydrogen) atoms. The monoisotopic (exact) mass is 378 g/mol. The summed E-state index contributed by atoms with van der Waals surface area (Å²) in [7, 11) is 0. The van der Waals surface area contributed by atoms with Gasteiger partial charge in [-0.25, -0.2) is 0 Å². The molecule has 1 aromatic heterocycles. The van der Waals surface area contributed by atoms with Crippen molar-refractivity contribution >= 4 is 43.2 Å². The summed E-state index contributed by atoms with van der Waals surface area (Å²) >= 11 is 8.97. The fraction of sp³-hybridized carbons (Fsp3) is 0.667. The van der Waals surface area contributed by atoms with E-state index >= 15 is 0 Å². The van der Waals surface area contributed by atoms with Gasteiger partial charge >= 0.3 is 0 Å². The Hall–Kier alpha value is 0.580. The summed E-state index contributed by atoms with van der Waals surface area (Å²) in [5, 5.41) is 3.66. The number of rotatable bonds is 2. The first kappa shape index (κ1) is 12.6. The summed E-state index contributed by atoms with van der Waals surface area (Å²) in [4.78, 5) is 4.04. The predicted octanol–water partition coefficient (Wildman–Crippen LogP) is 3.46. The van der Waals surface area contributed by atoms with Gasteiger partial charge in [0.2, 0.25) is 0 Å². The van der Waals surface area contributed by atoms with Crippen molar-refractivity contribution in [3.8, 4) is 0 Å². The first-order valence-electron chi connectivity index (χ1n) is 6.12. The van der Waals surface area contributed by atoms with Gasteiger partial charge in [0.1, 0.15) is 0 Å². The van der Waals surface area contributed by atoms with Gasteiger partial charge in [0.25, 0.3) is 0 Å². The number of hydrogen-bond acceptors (Lipinski definition) is 3. The Morgan fingerprint density at radius 3 is 3.00 bits per heavy atom. The number of piperidine rings is 1. The molecule has 0 aliphatic carbocycles. The second-order valence-electron chi connectivity index (χ2n) is 4.99. The Bertz CT molecular complexity index is 374. The lowest BCUT2D eigenvalue weighted by atomic mass is 9.94. The van der Waals surface area contributed by atoms with Gasteiger partial charge in [-0.05, 0) is 63.2 Å². The number of hydrogen-bond donors (Lipinski definition) is 1. The highest BCUT2D eigenvalue weighted by Crippen LogP contribution is 2.34. The van der Waals surface area contributed by atoms with E-state index < -0.39 is 0 Å². The molecule has 1 aromatic rings. The summed E-state index contributed by atoms with van der Waals surface area (Å²) < 4.78 is 2.40. The minimum Gasteiger partial charge on any atom is -0.312 e. The fourth-order valence-corrected chi connectivity index (χ4v) is 5.17. The van der Waals surface area contributed by atoms with Crippen molar-refractivity contribution in [2.45, 2.75) is 25.4 Å².